The minimum absolute atomic E-state index is 0.187. The van der Waals surface area contributed by atoms with Crippen LogP contribution in [0.15, 0.2) is 56.8 Å². The highest BCUT2D eigenvalue weighted by Crippen LogP contribution is 2.18. The third-order valence-corrected chi connectivity index (χ3v) is 3.12. The van der Waals surface area contributed by atoms with Crippen molar-refractivity contribution in [2.75, 3.05) is 0 Å². The van der Waals surface area contributed by atoms with E-state index in [1.165, 1.54) is 0 Å². The van der Waals surface area contributed by atoms with Crippen LogP contribution in [-0.4, -0.2) is 14.8 Å². The predicted octanol–water partition coefficient (Wildman–Crippen LogP) is 0.426. The van der Waals surface area contributed by atoms with Gasteiger partial charge in [-0.05, 0) is 16.3 Å². The van der Waals surface area contributed by atoms with Crippen molar-refractivity contribution in [3.05, 3.63) is 79.2 Å². The van der Waals surface area contributed by atoms with Crippen LogP contribution in [0.2, 0.25) is 0 Å². The largest absolute Gasteiger partial charge is 0.343 e. The average Bonchev–Trinajstić information content (AvgIpc) is 2.45. The van der Waals surface area contributed by atoms with Crippen LogP contribution in [0, 0.1) is 0 Å². The van der Waals surface area contributed by atoms with Crippen molar-refractivity contribution < 1.29 is 0 Å². The maximum Gasteiger partial charge on any atom is 0.343 e. The molecule has 0 saturated heterocycles. The minimum Gasteiger partial charge on any atom is -0.268 e. The molecular formula is C14H11N3O3. The first kappa shape index (κ1) is 12.2. The molecule has 100 valence electrons. The summed E-state index contributed by atoms with van der Waals surface area (Å²) in [5.41, 5.74) is -1.54. The predicted molar refractivity (Wildman–Crippen MR) is 75.0 cm³/mol. The maximum absolute atomic E-state index is 11.7. The summed E-state index contributed by atoms with van der Waals surface area (Å²) < 4.78 is 1.09. The number of benzene rings is 2. The van der Waals surface area contributed by atoms with Gasteiger partial charge in [-0.1, -0.05) is 42.5 Å². The highest BCUT2D eigenvalue weighted by molar-refractivity contribution is 5.85. The van der Waals surface area contributed by atoms with Gasteiger partial charge in [0.2, 0.25) is 0 Å². The van der Waals surface area contributed by atoms with E-state index in [0.29, 0.717) is 0 Å². The first-order chi connectivity index (χ1) is 9.65. The Hall–Kier alpha value is -2.89. The number of aromatic nitrogens is 3. The van der Waals surface area contributed by atoms with Gasteiger partial charge < -0.3 is 0 Å². The highest BCUT2D eigenvalue weighted by Gasteiger charge is 2.05. The molecule has 3 aromatic rings. The molecule has 6 nitrogen and oxygen atoms in total. The summed E-state index contributed by atoms with van der Waals surface area (Å²) in [5.74, 6) is 0. The van der Waals surface area contributed by atoms with Crippen LogP contribution in [0.3, 0.4) is 0 Å². The van der Waals surface area contributed by atoms with E-state index in [4.69, 9.17) is 0 Å². The smallest absolute Gasteiger partial charge is 0.268 e. The van der Waals surface area contributed by atoms with Crippen molar-refractivity contribution in [1.29, 1.82) is 0 Å². The van der Waals surface area contributed by atoms with Crippen LogP contribution in [0.25, 0.3) is 10.8 Å². The number of aromatic amines is 2. The molecule has 0 aliphatic heterocycles. The lowest BCUT2D eigenvalue weighted by atomic mass is 10.0. The van der Waals surface area contributed by atoms with E-state index in [2.05, 4.69) is 5.10 Å². The van der Waals surface area contributed by atoms with E-state index in [9.17, 15) is 14.4 Å². The number of H-pyrrole nitrogens is 2. The molecule has 2 aromatic carbocycles. The Morgan fingerprint density at radius 1 is 0.900 bits per heavy atom. The fraction of sp³-hybridized carbons (Fsp3) is 0.0714. The lowest BCUT2D eigenvalue weighted by Crippen LogP contribution is -2.43. The second-order valence-corrected chi connectivity index (χ2v) is 4.42. The van der Waals surface area contributed by atoms with E-state index >= 15 is 0 Å². The molecule has 0 bridgehead atoms. The molecule has 0 amide bonds. The van der Waals surface area contributed by atoms with Crippen LogP contribution in [0.5, 0.6) is 0 Å². The molecule has 0 atom stereocenters. The zero-order chi connectivity index (χ0) is 14.1. The van der Waals surface area contributed by atoms with Gasteiger partial charge in [-0.25, -0.2) is 9.48 Å². The second kappa shape index (κ2) is 4.65. The van der Waals surface area contributed by atoms with E-state index in [1.807, 2.05) is 47.4 Å². The molecule has 20 heavy (non-hydrogen) atoms. The topological polar surface area (TPSA) is 87.7 Å². The van der Waals surface area contributed by atoms with Gasteiger partial charge in [0.05, 0.1) is 6.54 Å². The van der Waals surface area contributed by atoms with Crippen molar-refractivity contribution in [2.45, 2.75) is 6.54 Å². The van der Waals surface area contributed by atoms with E-state index in [-0.39, 0.29) is 6.54 Å². The molecule has 6 heteroatoms. The Balaban J connectivity index is 2.15. The first-order valence-electron chi connectivity index (χ1n) is 6.05. The molecule has 0 saturated carbocycles. The van der Waals surface area contributed by atoms with Crippen molar-refractivity contribution in [3.8, 4) is 0 Å². The van der Waals surface area contributed by atoms with Crippen LogP contribution in [0.4, 0.5) is 0 Å². The fourth-order valence-electron chi connectivity index (χ4n) is 2.16. The summed E-state index contributed by atoms with van der Waals surface area (Å²) in [6.07, 6.45) is 0. The van der Waals surface area contributed by atoms with Gasteiger partial charge >= 0.3 is 16.8 Å². The van der Waals surface area contributed by atoms with Crippen LogP contribution < -0.4 is 16.8 Å². The standard InChI is InChI=1S/C14H11N3O3/c18-12-13(19)16-17(14(20)15-12)8-10-6-3-5-9-4-1-2-7-11(9)10/h1-7H,8H2,(H,16,19)(H,15,18,20). The molecule has 0 aliphatic carbocycles. The van der Waals surface area contributed by atoms with Crippen LogP contribution in [-0.2, 0) is 6.54 Å². The van der Waals surface area contributed by atoms with Crippen molar-refractivity contribution in [1.82, 2.24) is 14.8 Å². The van der Waals surface area contributed by atoms with Crippen molar-refractivity contribution >= 4 is 10.8 Å². The number of hydrogen-bond donors (Lipinski definition) is 2. The molecular weight excluding hydrogens is 258 g/mol. The quantitative estimate of drug-likeness (QED) is 0.661. The van der Waals surface area contributed by atoms with Crippen LogP contribution >= 0.6 is 0 Å². The van der Waals surface area contributed by atoms with E-state index < -0.39 is 16.8 Å². The third kappa shape index (κ3) is 2.07. The lowest BCUT2D eigenvalue weighted by Gasteiger charge is -2.08. The molecule has 0 aliphatic rings. The van der Waals surface area contributed by atoms with Gasteiger partial charge in [0.25, 0.3) is 0 Å². The lowest BCUT2D eigenvalue weighted by molar-refractivity contribution is 0.596. The van der Waals surface area contributed by atoms with Gasteiger partial charge in [0, 0.05) is 0 Å². The Morgan fingerprint density at radius 3 is 2.50 bits per heavy atom. The zero-order valence-electron chi connectivity index (χ0n) is 10.4. The van der Waals surface area contributed by atoms with Crippen molar-refractivity contribution in [2.24, 2.45) is 0 Å². The maximum atomic E-state index is 11.7. The Morgan fingerprint density at radius 2 is 1.65 bits per heavy atom. The van der Waals surface area contributed by atoms with E-state index in [0.717, 1.165) is 21.0 Å². The van der Waals surface area contributed by atoms with Crippen LogP contribution in [0.1, 0.15) is 5.56 Å². The summed E-state index contributed by atoms with van der Waals surface area (Å²) >= 11 is 0. The summed E-state index contributed by atoms with van der Waals surface area (Å²) in [6, 6.07) is 13.5. The molecule has 0 unspecified atom stereocenters. The number of fused-ring (bicyclic) bond motifs is 1. The zero-order valence-corrected chi connectivity index (χ0v) is 10.4. The van der Waals surface area contributed by atoms with Crippen molar-refractivity contribution in [3.63, 3.8) is 0 Å². The number of nitrogens with one attached hydrogen (secondary N) is 2. The average molecular weight is 269 g/mol. The molecule has 0 fully saturated rings. The number of rotatable bonds is 2. The summed E-state index contributed by atoms with van der Waals surface area (Å²) in [5, 5.41) is 4.30. The number of hydrogen-bond acceptors (Lipinski definition) is 3. The summed E-state index contributed by atoms with van der Waals surface area (Å²) in [7, 11) is 0. The molecule has 1 heterocycles. The Bertz CT molecular complexity index is 945. The summed E-state index contributed by atoms with van der Waals surface area (Å²) in [6.45, 7) is 0.187. The monoisotopic (exact) mass is 269 g/mol. The SMILES string of the molecule is O=c1[nH]c(=O)n(Cc2cccc3ccccc23)[nH]c1=O. The fourth-order valence-corrected chi connectivity index (χ4v) is 2.16. The Labute approximate surface area is 112 Å². The first-order valence-corrected chi connectivity index (χ1v) is 6.05. The number of nitrogens with zero attached hydrogens (tertiary/aromatic N) is 1. The molecule has 1 aromatic heterocycles. The van der Waals surface area contributed by atoms with Gasteiger partial charge in [0.1, 0.15) is 0 Å². The van der Waals surface area contributed by atoms with Gasteiger partial charge in [0.15, 0.2) is 0 Å². The molecule has 0 radical (unpaired) electrons. The highest BCUT2D eigenvalue weighted by atomic mass is 16.2. The normalized spacial score (nSPS) is 10.8. The Kier molecular flexibility index (Phi) is 2.83. The summed E-state index contributed by atoms with van der Waals surface area (Å²) in [4.78, 5) is 36.0. The van der Waals surface area contributed by atoms with Gasteiger partial charge in [-0.2, -0.15) is 0 Å². The molecule has 2 N–H and O–H groups in total. The second-order valence-electron chi connectivity index (χ2n) is 4.42. The molecule has 3 rings (SSSR count). The molecule has 0 spiro atoms. The van der Waals surface area contributed by atoms with Gasteiger partial charge in [-0.15, -0.1) is 0 Å². The third-order valence-electron chi connectivity index (χ3n) is 3.12. The van der Waals surface area contributed by atoms with Gasteiger partial charge in [-0.3, -0.25) is 19.7 Å². The van der Waals surface area contributed by atoms with E-state index in [1.54, 1.807) is 0 Å². The minimum atomic E-state index is -0.941.